The smallest absolute Gasteiger partial charge is 0.462 e. The molecular weight excluding hydrogens is 1110 g/mol. The highest BCUT2D eigenvalue weighted by Gasteiger charge is 2.27. The second-order valence-electron chi connectivity index (χ2n) is 23.4. The first-order valence-electron chi connectivity index (χ1n) is 34.5. The Morgan fingerprint density at radius 1 is 0.352 bits per heavy atom. The number of unbranched alkanes of at least 4 members (excludes halogenated alkanes) is 17. The number of allylic oxidation sites excluding steroid dienone is 30. The van der Waals surface area contributed by atoms with Crippen molar-refractivity contribution in [3.63, 3.8) is 0 Å². The summed E-state index contributed by atoms with van der Waals surface area (Å²) in [7, 11) is 1.42. The Labute approximate surface area is 540 Å². The van der Waals surface area contributed by atoms with E-state index in [9.17, 15) is 19.0 Å². The molecule has 9 nitrogen and oxygen atoms in total. The van der Waals surface area contributed by atoms with E-state index in [2.05, 4.69) is 196 Å². The molecule has 0 aliphatic rings. The van der Waals surface area contributed by atoms with Gasteiger partial charge in [-0.3, -0.25) is 18.6 Å². The fraction of sp³-hybridized carbons (Fsp3) is 0.590. The number of hydrogen-bond acceptors (Lipinski definition) is 7. The number of quaternary nitrogens is 1. The van der Waals surface area contributed by atoms with Gasteiger partial charge in [0, 0.05) is 12.8 Å². The Balaban J connectivity index is 4.20. The zero-order valence-electron chi connectivity index (χ0n) is 56.4. The molecule has 88 heavy (non-hydrogen) atoms. The van der Waals surface area contributed by atoms with Crippen LogP contribution < -0.4 is 0 Å². The molecule has 0 amide bonds. The van der Waals surface area contributed by atoms with Gasteiger partial charge < -0.3 is 18.9 Å². The standard InChI is InChI=1S/C78H126NO8P/c1-6-8-10-12-14-16-18-20-22-24-26-28-30-32-34-36-38-39-41-43-45-47-49-51-53-55-57-59-61-63-65-67-69-71-78(81)87-76(75-86-88(82,83)85-73-72-79(3,4)5)74-84-77(80)70-68-66-64-62-60-58-56-54-52-50-48-46-44-42-40-37-35-33-31-29-27-25-23-21-19-17-15-13-11-9-7-2/h8-11,14-17,20-23,26-29,32-35,38-39,43,45,49,51,55,57,61,63,76H,6-7,12-13,18-19,24-25,30-31,36-37,40-42,44,46-48,50,52-54,56,58-60,62,64-75H2,1-5H3/p+1/b10-8-,11-9-,16-14-,17-15-,22-20-,23-21-,28-26-,29-27-,34-32-,35-33-,39-38-,45-43-,51-49-,57-55-,63-61-. The molecule has 0 bridgehead atoms. The molecule has 0 rings (SSSR count). The van der Waals surface area contributed by atoms with Gasteiger partial charge in [0.25, 0.3) is 0 Å². The van der Waals surface area contributed by atoms with E-state index in [0.29, 0.717) is 17.4 Å². The Morgan fingerprint density at radius 2 is 0.614 bits per heavy atom. The number of rotatable bonds is 61. The lowest BCUT2D eigenvalue weighted by Gasteiger charge is -2.24. The summed E-state index contributed by atoms with van der Waals surface area (Å²) < 4.78 is 34.6. The number of phosphoric ester groups is 1. The van der Waals surface area contributed by atoms with E-state index < -0.39 is 26.5 Å². The minimum Gasteiger partial charge on any atom is -0.462 e. The number of phosphoric acid groups is 1. The van der Waals surface area contributed by atoms with Crippen LogP contribution in [0.25, 0.3) is 0 Å². The van der Waals surface area contributed by atoms with Crippen molar-refractivity contribution in [2.24, 2.45) is 0 Å². The van der Waals surface area contributed by atoms with Gasteiger partial charge in [-0.25, -0.2) is 4.57 Å². The van der Waals surface area contributed by atoms with Crippen molar-refractivity contribution in [2.75, 3.05) is 47.5 Å². The summed E-state index contributed by atoms with van der Waals surface area (Å²) in [5.74, 6) is -0.859. The molecule has 0 aromatic rings. The quantitative estimate of drug-likeness (QED) is 0.0211. The number of esters is 2. The van der Waals surface area contributed by atoms with Crippen LogP contribution in [0.5, 0.6) is 0 Å². The predicted molar refractivity (Wildman–Crippen MR) is 380 cm³/mol. The monoisotopic (exact) mass is 1240 g/mol. The van der Waals surface area contributed by atoms with E-state index in [1.54, 1.807) is 0 Å². The minimum absolute atomic E-state index is 0.0134. The van der Waals surface area contributed by atoms with Crippen LogP contribution in [0.3, 0.4) is 0 Å². The first-order chi connectivity index (χ1) is 43.0. The van der Waals surface area contributed by atoms with Crippen LogP contribution in [0, 0.1) is 0 Å². The van der Waals surface area contributed by atoms with Crippen LogP contribution in [-0.4, -0.2) is 74.9 Å². The fourth-order valence-electron chi connectivity index (χ4n) is 8.72. The Kier molecular flexibility index (Phi) is 62.8. The van der Waals surface area contributed by atoms with Gasteiger partial charge in [0.1, 0.15) is 19.8 Å². The van der Waals surface area contributed by atoms with Gasteiger partial charge in [0.2, 0.25) is 0 Å². The van der Waals surface area contributed by atoms with Crippen molar-refractivity contribution >= 4 is 19.8 Å². The van der Waals surface area contributed by atoms with Crippen molar-refractivity contribution in [2.45, 2.75) is 251 Å². The molecule has 0 aliphatic carbocycles. The normalized spacial score (nSPS) is 14.3. The van der Waals surface area contributed by atoms with E-state index in [1.807, 2.05) is 21.1 Å². The van der Waals surface area contributed by atoms with Crippen LogP contribution in [0.4, 0.5) is 0 Å². The highest BCUT2D eigenvalue weighted by atomic mass is 31.2. The third-order valence-corrected chi connectivity index (χ3v) is 14.9. The number of carbonyl (C=O) groups excluding carboxylic acids is 2. The van der Waals surface area contributed by atoms with E-state index in [1.165, 1.54) is 83.5 Å². The highest BCUT2D eigenvalue weighted by Crippen LogP contribution is 2.43. The van der Waals surface area contributed by atoms with Crippen LogP contribution in [0.1, 0.15) is 245 Å². The third kappa shape index (κ3) is 70.2. The first kappa shape index (κ1) is 83.1. The van der Waals surface area contributed by atoms with E-state index in [4.69, 9.17) is 18.5 Å². The van der Waals surface area contributed by atoms with Gasteiger partial charge in [-0.05, 0) is 135 Å². The van der Waals surface area contributed by atoms with Gasteiger partial charge in [-0.1, -0.05) is 280 Å². The summed E-state index contributed by atoms with van der Waals surface area (Å²) in [4.78, 5) is 35.9. The van der Waals surface area contributed by atoms with Gasteiger partial charge in [-0.2, -0.15) is 0 Å². The molecule has 0 aromatic heterocycles. The van der Waals surface area contributed by atoms with Crippen molar-refractivity contribution in [3.8, 4) is 0 Å². The van der Waals surface area contributed by atoms with Crippen molar-refractivity contribution in [3.05, 3.63) is 182 Å². The van der Waals surface area contributed by atoms with E-state index in [0.717, 1.165) is 128 Å². The number of hydrogen-bond donors (Lipinski definition) is 1. The SMILES string of the molecule is CC/C=C\C/C=C\C/C=C\C/C=C\C/C=C\C/C=C\C/C=C\C/C=C\C/C=C\C/C=C\CCCCC(=O)OC(COC(=O)CCCCCCCCCCCCCCCCC/C=C\C/C=C\C/C=C\C/C=C\C/C=C\CC)COP(=O)(O)OCC[N+](C)(C)C. The van der Waals surface area contributed by atoms with Gasteiger partial charge in [0.15, 0.2) is 6.10 Å². The van der Waals surface area contributed by atoms with E-state index >= 15 is 0 Å². The van der Waals surface area contributed by atoms with Gasteiger partial charge in [0.05, 0.1) is 27.7 Å². The Bertz CT molecular complexity index is 2140. The molecular formula is C78H127NO8P+. The number of likely N-dealkylation sites (N-methyl/N-ethyl adjacent to an activating group) is 1. The van der Waals surface area contributed by atoms with Crippen LogP contribution >= 0.6 is 7.82 Å². The second kappa shape index (κ2) is 66.5. The zero-order chi connectivity index (χ0) is 64.1. The molecule has 0 aliphatic heterocycles. The number of carbonyl (C=O) groups is 2. The molecule has 2 atom stereocenters. The van der Waals surface area contributed by atoms with Crippen molar-refractivity contribution < 1.29 is 42.1 Å². The predicted octanol–water partition coefficient (Wildman–Crippen LogP) is 22.7. The second-order valence-corrected chi connectivity index (χ2v) is 24.9. The molecule has 0 fully saturated rings. The lowest BCUT2D eigenvalue weighted by atomic mass is 10.0. The van der Waals surface area contributed by atoms with Crippen LogP contribution in [0.2, 0.25) is 0 Å². The largest absolute Gasteiger partial charge is 0.472 e. The topological polar surface area (TPSA) is 108 Å². The van der Waals surface area contributed by atoms with Gasteiger partial charge >= 0.3 is 19.8 Å². The molecule has 0 saturated heterocycles. The van der Waals surface area contributed by atoms with Gasteiger partial charge in [-0.15, -0.1) is 0 Å². The van der Waals surface area contributed by atoms with Crippen molar-refractivity contribution in [1.29, 1.82) is 0 Å². The molecule has 10 heteroatoms. The molecule has 496 valence electrons. The van der Waals surface area contributed by atoms with E-state index in [-0.39, 0.29) is 32.0 Å². The maximum absolute atomic E-state index is 12.9. The lowest BCUT2D eigenvalue weighted by molar-refractivity contribution is -0.870. The molecule has 2 unspecified atom stereocenters. The lowest BCUT2D eigenvalue weighted by Crippen LogP contribution is -2.37. The summed E-state index contributed by atoms with van der Waals surface area (Å²) in [6.45, 7) is 4.14. The Morgan fingerprint density at radius 3 is 0.932 bits per heavy atom. The summed E-state index contributed by atoms with van der Waals surface area (Å²) >= 11 is 0. The fourth-order valence-corrected chi connectivity index (χ4v) is 9.46. The average Bonchev–Trinajstić information content (AvgIpc) is 3.56. The maximum Gasteiger partial charge on any atom is 0.472 e. The molecule has 0 aromatic carbocycles. The summed E-state index contributed by atoms with van der Waals surface area (Å²) in [6, 6.07) is 0. The van der Waals surface area contributed by atoms with Crippen molar-refractivity contribution in [1.82, 2.24) is 0 Å². The number of ether oxygens (including phenoxy) is 2. The molecule has 0 saturated carbocycles. The maximum atomic E-state index is 12.9. The van der Waals surface area contributed by atoms with Crippen LogP contribution in [-0.2, 0) is 32.7 Å². The first-order valence-corrected chi connectivity index (χ1v) is 36.0. The Hall–Kier alpha value is -4.89. The average molecular weight is 1240 g/mol. The third-order valence-electron chi connectivity index (χ3n) is 13.9. The highest BCUT2D eigenvalue weighted by molar-refractivity contribution is 7.47. The summed E-state index contributed by atoms with van der Waals surface area (Å²) in [6.07, 6.45) is 103. The molecule has 0 spiro atoms. The summed E-state index contributed by atoms with van der Waals surface area (Å²) in [5.41, 5.74) is 0. The molecule has 1 N–H and O–H groups in total. The van der Waals surface area contributed by atoms with Crippen LogP contribution in [0.15, 0.2) is 182 Å². The molecule has 0 radical (unpaired) electrons. The minimum atomic E-state index is -4.42. The number of nitrogens with zero attached hydrogens (tertiary/aromatic N) is 1. The molecule has 0 heterocycles. The summed E-state index contributed by atoms with van der Waals surface area (Å²) in [5, 5.41) is 0. The zero-order valence-corrected chi connectivity index (χ0v) is 57.3.